The van der Waals surface area contributed by atoms with Crippen LogP contribution in [0.5, 0.6) is 5.75 Å². The molecule has 0 spiro atoms. The zero-order valence-corrected chi connectivity index (χ0v) is 10.5. The normalized spacial score (nSPS) is 35.0. The Labute approximate surface area is 108 Å². The van der Waals surface area contributed by atoms with Crippen LogP contribution >= 0.6 is 0 Å². The largest absolute Gasteiger partial charge is 0.478 e. The summed E-state index contributed by atoms with van der Waals surface area (Å²) in [5.41, 5.74) is 1.20. The summed E-state index contributed by atoms with van der Waals surface area (Å²) in [6.07, 6.45) is 5.82. The number of ether oxygens (including phenoxy) is 2. The molecular weight excluding hydrogens is 226 g/mol. The summed E-state index contributed by atoms with van der Waals surface area (Å²) in [5.74, 6) is 1.71. The van der Waals surface area contributed by atoms with E-state index in [2.05, 4.69) is 17.0 Å². The summed E-state index contributed by atoms with van der Waals surface area (Å²) >= 11 is 0. The molecule has 4 rings (SSSR count). The highest BCUT2D eigenvalue weighted by atomic mass is 16.5. The molecule has 3 atom stereocenters. The molecule has 1 saturated heterocycles. The molecule has 0 radical (unpaired) electrons. The maximum absolute atomic E-state index is 6.37. The van der Waals surface area contributed by atoms with Crippen LogP contribution in [-0.4, -0.2) is 24.3 Å². The predicted octanol–water partition coefficient (Wildman–Crippen LogP) is 2.93. The average Bonchev–Trinajstić information content (AvgIpc) is 2.45. The third kappa shape index (κ3) is 1.65. The van der Waals surface area contributed by atoms with E-state index in [1.165, 1.54) is 31.2 Å². The second-order valence-corrected chi connectivity index (χ2v) is 5.65. The zero-order valence-electron chi connectivity index (χ0n) is 10.5. The average molecular weight is 245 g/mol. The van der Waals surface area contributed by atoms with Gasteiger partial charge in [-0.2, -0.15) is 0 Å². The molecule has 2 heterocycles. The molecule has 0 N–H and O–H groups in total. The fourth-order valence-electron chi connectivity index (χ4n) is 3.57. The van der Waals surface area contributed by atoms with Gasteiger partial charge in [-0.25, -0.2) is 4.90 Å². The van der Waals surface area contributed by atoms with Crippen molar-refractivity contribution in [3.63, 3.8) is 0 Å². The second kappa shape index (κ2) is 4.25. The van der Waals surface area contributed by atoms with Crippen LogP contribution in [0.15, 0.2) is 24.3 Å². The van der Waals surface area contributed by atoms with Gasteiger partial charge in [0.05, 0.1) is 6.10 Å². The highest BCUT2D eigenvalue weighted by Gasteiger charge is 2.40. The van der Waals surface area contributed by atoms with Gasteiger partial charge >= 0.3 is 0 Å². The Morgan fingerprint density at radius 1 is 1.11 bits per heavy atom. The van der Waals surface area contributed by atoms with E-state index in [4.69, 9.17) is 9.47 Å². The van der Waals surface area contributed by atoms with Gasteiger partial charge in [0.25, 0.3) is 0 Å². The summed E-state index contributed by atoms with van der Waals surface area (Å²) in [6, 6.07) is 8.28. The van der Waals surface area contributed by atoms with E-state index in [9.17, 15) is 0 Å². The molecule has 3 nitrogen and oxygen atoms in total. The molecule has 0 aromatic heterocycles. The van der Waals surface area contributed by atoms with E-state index < -0.39 is 0 Å². The highest BCUT2D eigenvalue weighted by molar-refractivity contribution is 5.36. The Kier molecular flexibility index (Phi) is 2.55. The highest BCUT2D eigenvalue weighted by Crippen LogP contribution is 2.42. The van der Waals surface area contributed by atoms with Crippen LogP contribution < -0.4 is 4.74 Å². The first-order chi connectivity index (χ1) is 8.92. The number of nitrogens with zero attached hydrogens (tertiary/aromatic N) is 1. The summed E-state index contributed by atoms with van der Waals surface area (Å²) in [6.45, 7) is 1.80. The van der Waals surface area contributed by atoms with Gasteiger partial charge in [-0.1, -0.05) is 31.0 Å². The topological polar surface area (TPSA) is 21.7 Å². The monoisotopic (exact) mass is 245 g/mol. The van der Waals surface area contributed by atoms with Gasteiger partial charge in [-0.05, 0) is 24.8 Å². The van der Waals surface area contributed by atoms with Crippen molar-refractivity contribution in [1.29, 1.82) is 0 Å². The van der Waals surface area contributed by atoms with E-state index in [1.54, 1.807) is 0 Å². The lowest BCUT2D eigenvalue weighted by Crippen LogP contribution is -2.50. The molecule has 2 aliphatic heterocycles. The lowest BCUT2D eigenvalue weighted by Gasteiger charge is -2.48. The van der Waals surface area contributed by atoms with Crippen LogP contribution in [0, 0.1) is 5.92 Å². The zero-order chi connectivity index (χ0) is 11.9. The summed E-state index contributed by atoms with van der Waals surface area (Å²) in [5, 5.41) is 0. The fraction of sp³-hybridized carbons (Fsp3) is 0.600. The number of hydrogen-bond donors (Lipinski definition) is 0. The number of rotatable bonds is 0. The van der Waals surface area contributed by atoms with Gasteiger partial charge < -0.3 is 9.47 Å². The van der Waals surface area contributed by atoms with Crippen LogP contribution in [0.25, 0.3) is 0 Å². The predicted molar refractivity (Wildman–Crippen MR) is 68.2 cm³/mol. The second-order valence-electron chi connectivity index (χ2n) is 5.65. The number of para-hydroxylation sites is 1. The van der Waals surface area contributed by atoms with E-state index in [0.717, 1.165) is 12.3 Å². The molecule has 1 aliphatic carbocycles. The molecule has 96 valence electrons. The first-order valence-corrected chi connectivity index (χ1v) is 7.03. The van der Waals surface area contributed by atoms with Crippen molar-refractivity contribution >= 4 is 0 Å². The van der Waals surface area contributed by atoms with Crippen molar-refractivity contribution in [2.75, 3.05) is 13.3 Å². The lowest BCUT2D eigenvalue weighted by atomic mass is 9.84. The fourth-order valence-corrected chi connectivity index (χ4v) is 3.57. The van der Waals surface area contributed by atoms with E-state index in [-0.39, 0.29) is 6.23 Å². The first kappa shape index (κ1) is 10.8. The van der Waals surface area contributed by atoms with Crippen molar-refractivity contribution in [3.05, 3.63) is 29.8 Å². The molecular formula is C15H19NO2. The maximum Gasteiger partial charge on any atom is 0.144 e. The minimum atomic E-state index is 0.120. The van der Waals surface area contributed by atoms with Crippen LogP contribution in [0.3, 0.4) is 0 Å². The van der Waals surface area contributed by atoms with Crippen LogP contribution in [-0.2, 0) is 4.74 Å². The Morgan fingerprint density at radius 3 is 3.00 bits per heavy atom. The van der Waals surface area contributed by atoms with Gasteiger partial charge in [0, 0.05) is 12.1 Å². The van der Waals surface area contributed by atoms with Gasteiger partial charge in [0.15, 0.2) is 0 Å². The standard InChI is InChI=1S/C15H19NO2/c1-3-7-13-11(5-1)9-16-10-17-14-8-4-2-6-12(14)15(16)18-13/h2,4,6,8,11,13,15H,1,3,5,7,9-10H2/t11-,13+,15-/m1/s1. The lowest BCUT2D eigenvalue weighted by molar-refractivity contribution is -0.203. The molecule has 0 amide bonds. The number of hydrogen-bond acceptors (Lipinski definition) is 3. The van der Waals surface area contributed by atoms with Gasteiger partial charge in [-0.15, -0.1) is 0 Å². The summed E-state index contributed by atoms with van der Waals surface area (Å²) in [4.78, 5) is 2.34. The third-order valence-electron chi connectivity index (χ3n) is 4.51. The van der Waals surface area contributed by atoms with E-state index in [1.807, 2.05) is 12.1 Å². The Hall–Kier alpha value is -1.06. The van der Waals surface area contributed by atoms with Crippen molar-refractivity contribution in [2.45, 2.75) is 38.0 Å². The van der Waals surface area contributed by atoms with Gasteiger partial charge in [0.1, 0.15) is 18.7 Å². The molecule has 3 aliphatic rings. The number of fused-ring (bicyclic) bond motifs is 4. The number of benzene rings is 1. The van der Waals surface area contributed by atoms with Gasteiger partial charge in [-0.3, -0.25) is 0 Å². The molecule has 3 heteroatoms. The van der Waals surface area contributed by atoms with Crippen molar-refractivity contribution in [3.8, 4) is 5.75 Å². The smallest absolute Gasteiger partial charge is 0.144 e. The molecule has 1 aromatic rings. The SMILES string of the molecule is c1ccc2c(c1)OCN1C[C@H]3CCCC[C@@H]3O[C@H]21. The first-order valence-electron chi connectivity index (χ1n) is 7.03. The molecule has 0 unspecified atom stereocenters. The Balaban J connectivity index is 1.64. The Morgan fingerprint density at radius 2 is 2.00 bits per heavy atom. The molecule has 0 bridgehead atoms. The van der Waals surface area contributed by atoms with Crippen molar-refractivity contribution in [2.24, 2.45) is 5.92 Å². The molecule has 1 aromatic carbocycles. The Bertz CT molecular complexity index is 448. The van der Waals surface area contributed by atoms with Crippen LogP contribution in [0.2, 0.25) is 0 Å². The quantitative estimate of drug-likeness (QED) is 0.701. The molecule has 1 saturated carbocycles. The minimum Gasteiger partial charge on any atom is -0.478 e. The summed E-state index contributed by atoms with van der Waals surface area (Å²) < 4.78 is 12.2. The van der Waals surface area contributed by atoms with Crippen molar-refractivity contribution in [1.82, 2.24) is 4.90 Å². The van der Waals surface area contributed by atoms with Crippen LogP contribution in [0.1, 0.15) is 37.5 Å². The molecule has 2 fully saturated rings. The van der Waals surface area contributed by atoms with Crippen LogP contribution in [0.4, 0.5) is 0 Å². The minimum absolute atomic E-state index is 0.120. The van der Waals surface area contributed by atoms with Crippen molar-refractivity contribution < 1.29 is 9.47 Å². The van der Waals surface area contributed by atoms with E-state index >= 15 is 0 Å². The van der Waals surface area contributed by atoms with E-state index in [0.29, 0.717) is 18.8 Å². The third-order valence-corrected chi connectivity index (χ3v) is 4.51. The summed E-state index contributed by atoms with van der Waals surface area (Å²) in [7, 11) is 0. The van der Waals surface area contributed by atoms with Gasteiger partial charge in [0.2, 0.25) is 0 Å². The molecule has 18 heavy (non-hydrogen) atoms. The maximum atomic E-state index is 6.37.